The molecule has 0 fully saturated rings. The molecule has 0 bridgehead atoms. The first-order valence-electron chi connectivity index (χ1n) is 6.26. The first-order chi connectivity index (χ1) is 8.20. The van der Waals surface area contributed by atoms with Crippen LogP contribution in [0.15, 0.2) is 24.3 Å². The number of hydrogen-bond acceptors (Lipinski definition) is 2. The third-order valence-corrected chi connectivity index (χ3v) is 3.36. The zero-order chi connectivity index (χ0) is 12.3. The lowest BCUT2D eigenvalue weighted by molar-refractivity contribution is -0.139. The van der Waals surface area contributed by atoms with Gasteiger partial charge < -0.3 is 10.4 Å². The molecule has 1 aromatic carbocycles. The first kappa shape index (κ1) is 12.1. The van der Waals surface area contributed by atoms with Crippen molar-refractivity contribution in [2.24, 2.45) is 0 Å². The minimum Gasteiger partial charge on any atom is -0.480 e. The largest absolute Gasteiger partial charge is 0.480 e. The fourth-order valence-electron chi connectivity index (χ4n) is 2.53. The van der Waals surface area contributed by atoms with E-state index in [1.807, 2.05) is 19.1 Å². The predicted molar refractivity (Wildman–Crippen MR) is 67.1 cm³/mol. The van der Waals surface area contributed by atoms with Crippen molar-refractivity contribution in [2.75, 3.05) is 0 Å². The minimum atomic E-state index is -0.734. The second kappa shape index (κ2) is 5.32. The SMILES string of the molecule is CCCC(NC1Cc2ccccc2C1)C(=O)O. The number of nitrogens with one attached hydrogen (secondary N) is 1. The Morgan fingerprint density at radius 3 is 2.47 bits per heavy atom. The number of aliphatic carboxylic acids is 1. The number of carbonyl (C=O) groups is 1. The van der Waals surface area contributed by atoms with Gasteiger partial charge in [0.25, 0.3) is 0 Å². The second-order valence-corrected chi connectivity index (χ2v) is 4.72. The average Bonchev–Trinajstić information content (AvgIpc) is 2.70. The topological polar surface area (TPSA) is 49.3 Å². The van der Waals surface area contributed by atoms with Crippen LogP contribution in [-0.2, 0) is 17.6 Å². The van der Waals surface area contributed by atoms with Gasteiger partial charge in [0.1, 0.15) is 6.04 Å². The van der Waals surface area contributed by atoms with E-state index in [4.69, 9.17) is 5.11 Å². The fraction of sp³-hybridized carbons (Fsp3) is 0.500. The predicted octanol–water partition coefficient (Wildman–Crippen LogP) is 2.00. The average molecular weight is 233 g/mol. The standard InChI is InChI=1S/C14H19NO2/c1-2-5-13(14(16)17)15-12-8-10-6-3-4-7-11(10)9-12/h3-4,6-7,12-13,15H,2,5,8-9H2,1H3,(H,16,17). The van der Waals surface area contributed by atoms with Crippen molar-refractivity contribution >= 4 is 5.97 Å². The van der Waals surface area contributed by atoms with Crippen LogP contribution < -0.4 is 5.32 Å². The maximum Gasteiger partial charge on any atom is 0.320 e. The molecule has 92 valence electrons. The maximum atomic E-state index is 11.1. The zero-order valence-electron chi connectivity index (χ0n) is 10.1. The molecular formula is C14H19NO2. The Hall–Kier alpha value is -1.35. The van der Waals surface area contributed by atoms with Gasteiger partial charge in [-0.25, -0.2) is 0 Å². The van der Waals surface area contributed by atoms with E-state index in [0.717, 1.165) is 19.3 Å². The van der Waals surface area contributed by atoms with Gasteiger partial charge in [0.2, 0.25) is 0 Å². The zero-order valence-corrected chi connectivity index (χ0v) is 10.1. The van der Waals surface area contributed by atoms with Crippen molar-refractivity contribution < 1.29 is 9.90 Å². The van der Waals surface area contributed by atoms with E-state index in [9.17, 15) is 4.79 Å². The van der Waals surface area contributed by atoms with E-state index in [1.165, 1.54) is 11.1 Å². The molecule has 0 aromatic heterocycles. The summed E-state index contributed by atoms with van der Waals surface area (Å²) in [5.74, 6) is -0.734. The molecule has 0 radical (unpaired) electrons. The highest BCUT2D eigenvalue weighted by molar-refractivity contribution is 5.73. The molecule has 2 rings (SSSR count). The van der Waals surface area contributed by atoms with E-state index < -0.39 is 12.0 Å². The molecule has 0 amide bonds. The fourth-order valence-corrected chi connectivity index (χ4v) is 2.53. The van der Waals surface area contributed by atoms with Crippen LogP contribution in [0, 0.1) is 0 Å². The Morgan fingerprint density at radius 1 is 1.41 bits per heavy atom. The molecule has 1 aliphatic rings. The normalized spacial score (nSPS) is 16.8. The number of fused-ring (bicyclic) bond motifs is 1. The summed E-state index contributed by atoms with van der Waals surface area (Å²) in [4.78, 5) is 11.1. The van der Waals surface area contributed by atoms with Crippen LogP contribution in [0.3, 0.4) is 0 Å². The van der Waals surface area contributed by atoms with Crippen LogP contribution in [0.2, 0.25) is 0 Å². The highest BCUT2D eigenvalue weighted by Crippen LogP contribution is 2.22. The third-order valence-electron chi connectivity index (χ3n) is 3.36. The van der Waals surface area contributed by atoms with E-state index >= 15 is 0 Å². The minimum absolute atomic E-state index is 0.278. The number of rotatable bonds is 5. The van der Waals surface area contributed by atoms with Crippen molar-refractivity contribution in [3.05, 3.63) is 35.4 Å². The van der Waals surface area contributed by atoms with Gasteiger partial charge in [-0.05, 0) is 30.4 Å². The Balaban J connectivity index is 1.96. The highest BCUT2D eigenvalue weighted by atomic mass is 16.4. The van der Waals surface area contributed by atoms with Gasteiger partial charge >= 0.3 is 5.97 Å². The van der Waals surface area contributed by atoms with Crippen LogP contribution in [0.5, 0.6) is 0 Å². The molecule has 2 N–H and O–H groups in total. The molecule has 1 unspecified atom stereocenters. The molecule has 0 saturated heterocycles. The monoisotopic (exact) mass is 233 g/mol. The maximum absolute atomic E-state index is 11.1. The van der Waals surface area contributed by atoms with Crippen molar-refractivity contribution in [1.82, 2.24) is 5.32 Å². The lowest BCUT2D eigenvalue weighted by Crippen LogP contribution is -2.43. The molecule has 0 saturated carbocycles. The summed E-state index contributed by atoms with van der Waals surface area (Å²) in [6.07, 6.45) is 3.49. The highest BCUT2D eigenvalue weighted by Gasteiger charge is 2.25. The molecular weight excluding hydrogens is 214 g/mol. The molecule has 17 heavy (non-hydrogen) atoms. The summed E-state index contributed by atoms with van der Waals surface area (Å²) in [5.41, 5.74) is 2.70. The smallest absolute Gasteiger partial charge is 0.320 e. The molecule has 0 aliphatic heterocycles. The Morgan fingerprint density at radius 2 is 2.00 bits per heavy atom. The Kier molecular flexibility index (Phi) is 3.79. The van der Waals surface area contributed by atoms with E-state index in [2.05, 4.69) is 17.4 Å². The number of benzene rings is 1. The van der Waals surface area contributed by atoms with Crippen molar-refractivity contribution in [2.45, 2.75) is 44.7 Å². The summed E-state index contributed by atoms with van der Waals surface area (Å²) >= 11 is 0. The van der Waals surface area contributed by atoms with Crippen molar-refractivity contribution in [3.63, 3.8) is 0 Å². The Labute approximate surface area is 102 Å². The number of carboxylic acids is 1. The van der Waals surface area contributed by atoms with Crippen molar-refractivity contribution in [1.29, 1.82) is 0 Å². The van der Waals surface area contributed by atoms with E-state index in [1.54, 1.807) is 0 Å². The van der Waals surface area contributed by atoms with Gasteiger partial charge in [0.05, 0.1) is 0 Å². The van der Waals surface area contributed by atoms with Crippen LogP contribution in [0.4, 0.5) is 0 Å². The van der Waals surface area contributed by atoms with Gasteiger partial charge in [-0.3, -0.25) is 4.79 Å². The van der Waals surface area contributed by atoms with Gasteiger partial charge in [-0.15, -0.1) is 0 Å². The summed E-state index contributed by atoms with van der Waals surface area (Å²) in [7, 11) is 0. The summed E-state index contributed by atoms with van der Waals surface area (Å²) in [6, 6.07) is 8.22. The first-order valence-corrected chi connectivity index (χ1v) is 6.26. The number of hydrogen-bond donors (Lipinski definition) is 2. The molecule has 3 nitrogen and oxygen atoms in total. The van der Waals surface area contributed by atoms with E-state index in [0.29, 0.717) is 6.42 Å². The number of carboxylic acid groups (broad SMARTS) is 1. The van der Waals surface area contributed by atoms with Gasteiger partial charge in [0, 0.05) is 6.04 Å². The quantitative estimate of drug-likeness (QED) is 0.817. The Bertz CT molecular complexity index is 378. The van der Waals surface area contributed by atoms with Crippen LogP contribution >= 0.6 is 0 Å². The summed E-state index contributed by atoms with van der Waals surface area (Å²) in [5, 5.41) is 12.4. The van der Waals surface area contributed by atoms with Crippen LogP contribution in [0.25, 0.3) is 0 Å². The summed E-state index contributed by atoms with van der Waals surface area (Å²) in [6.45, 7) is 2.01. The van der Waals surface area contributed by atoms with Crippen LogP contribution in [0.1, 0.15) is 30.9 Å². The molecule has 1 aromatic rings. The molecule has 3 heteroatoms. The van der Waals surface area contributed by atoms with Gasteiger partial charge in [0.15, 0.2) is 0 Å². The molecule has 0 spiro atoms. The van der Waals surface area contributed by atoms with Crippen molar-refractivity contribution in [3.8, 4) is 0 Å². The van der Waals surface area contributed by atoms with Gasteiger partial charge in [-0.1, -0.05) is 37.6 Å². The lowest BCUT2D eigenvalue weighted by Gasteiger charge is -2.18. The summed E-state index contributed by atoms with van der Waals surface area (Å²) < 4.78 is 0. The van der Waals surface area contributed by atoms with E-state index in [-0.39, 0.29) is 6.04 Å². The third kappa shape index (κ3) is 2.86. The van der Waals surface area contributed by atoms with Gasteiger partial charge in [-0.2, -0.15) is 0 Å². The second-order valence-electron chi connectivity index (χ2n) is 4.72. The lowest BCUT2D eigenvalue weighted by atomic mass is 10.1. The molecule has 1 atom stereocenters. The molecule has 0 heterocycles. The molecule has 1 aliphatic carbocycles. The van der Waals surface area contributed by atoms with Crippen LogP contribution in [-0.4, -0.2) is 23.2 Å².